The number of fused-ring (bicyclic) bond motifs is 2. The van der Waals surface area contributed by atoms with Crippen molar-refractivity contribution in [1.82, 2.24) is 4.98 Å². The molecule has 1 heterocycles. The lowest BCUT2D eigenvalue weighted by Crippen LogP contribution is -2.04. The second-order valence-corrected chi connectivity index (χ2v) is 6.58. The zero-order valence-electron chi connectivity index (χ0n) is 13.8. The number of pyridine rings is 1. The molecular weight excluding hydrogens is 346 g/mol. The van der Waals surface area contributed by atoms with Crippen LogP contribution in [0, 0.1) is 0 Å². The average Bonchev–Trinajstić information content (AvgIpc) is 2.66. The molecule has 0 radical (unpaired) electrons. The minimum Gasteiger partial charge on any atom is -0.755 e. The van der Waals surface area contributed by atoms with Crippen molar-refractivity contribution < 1.29 is 8.76 Å². The van der Waals surface area contributed by atoms with Gasteiger partial charge >= 0.3 is 0 Å². The van der Waals surface area contributed by atoms with Crippen molar-refractivity contribution in [2.45, 2.75) is 6.54 Å². The van der Waals surface area contributed by atoms with E-state index >= 15 is 0 Å². The molecule has 1 aromatic heterocycles. The highest BCUT2D eigenvalue weighted by Crippen LogP contribution is 2.31. The maximum absolute atomic E-state index is 10.7. The van der Waals surface area contributed by atoms with Crippen LogP contribution in [0.5, 0.6) is 0 Å². The van der Waals surface area contributed by atoms with Gasteiger partial charge in [0.2, 0.25) is 0 Å². The molecule has 0 fully saturated rings. The summed E-state index contributed by atoms with van der Waals surface area (Å²) in [6.45, 7) is 0.624. The fourth-order valence-electron chi connectivity index (χ4n) is 3.01. The van der Waals surface area contributed by atoms with Gasteiger partial charge in [0.1, 0.15) is 0 Å². The van der Waals surface area contributed by atoms with Crippen molar-refractivity contribution >= 4 is 44.4 Å². The first kappa shape index (κ1) is 16.5. The second-order valence-electron chi connectivity index (χ2n) is 5.91. The molecule has 3 aromatic carbocycles. The van der Waals surface area contributed by atoms with Gasteiger partial charge in [0, 0.05) is 34.3 Å². The Balaban J connectivity index is 1.66. The van der Waals surface area contributed by atoms with E-state index in [1.807, 2.05) is 48.5 Å². The minimum atomic E-state index is -2.31. The molecule has 1 atom stereocenters. The summed E-state index contributed by atoms with van der Waals surface area (Å²) < 4.78 is 23.7. The van der Waals surface area contributed by atoms with E-state index in [4.69, 9.17) is 4.98 Å². The molecule has 0 amide bonds. The first-order valence-electron chi connectivity index (χ1n) is 8.17. The Kier molecular flexibility index (Phi) is 4.51. The molecule has 130 valence electrons. The summed E-state index contributed by atoms with van der Waals surface area (Å²) in [7, 11) is 0. The van der Waals surface area contributed by atoms with E-state index in [9.17, 15) is 8.76 Å². The normalized spacial score (nSPS) is 12.2. The Morgan fingerprint density at radius 2 is 1.42 bits per heavy atom. The average molecular weight is 362 g/mol. The van der Waals surface area contributed by atoms with E-state index in [0.717, 1.165) is 33.1 Å². The quantitative estimate of drug-likeness (QED) is 0.412. The molecule has 0 aliphatic heterocycles. The molecule has 1 unspecified atom stereocenters. The second kappa shape index (κ2) is 7.11. The summed E-state index contributed by atoms with van der Waals surface area (Å²) >= 11 is -2.31. The summed E-state index contributed by atoms with van der Waals surface area (Å²) in [6, 6.07) is 23.4. The number of nitrogens with one attached hydrogen (secondary N) is 2. The van der Waals surface area contributed by atoms with Crippen LogP contribution in [-0.4, -0.2) is 13.7 Å². The number of anilines is 2. The molecular formula is C20H16N3O2S-. The van der Waals surface area contributed by atoms with Crippen molar-refractivity contribution in [3.63, 3.8) is 0 Å². The van der Waals surface area contributed by atoms with Gasteiger partial charge in [-0.1, -0.05) is 48.5 Å². The lowest BCUT2D eigenvalue weighted by Gasteiger charge is -2.14. The zero-order valence-corrected chi connectivity index (χ0v) is 14.6. The van der Waals surface area contributed by atoms with Crippen LogP contribution in [0.4, 0.5) is 11.4 Å². The lowest BCUT2D eigenvalue weighted by molar-refractivity contribution is 0.542. The fourth-order valence-corrected chi connectivity index (χ4v) is 3.34. The van der Waals surface area contributed by atoms with Gasteiger partial charge < -0.3 is 14.6 Å². The van der Waals surface area contributed by atoms with Crippen LogP contribution in [0.25, 0.3) is 21.8 Å². The highest BCUT2D eigenvalue weighted by atomic mass is 32.2. The SMILES string of the molecule is O=S([O-])Nc1ccc(CNc2c3ccccc3nc3ccccc23)cc1. The van der Waals surface area contributed by atoms with E-state index in [1.54, 1.807) is 12.1 Å². The first-order chi connectivity index (χ1) is 12.7. The van der Waals surface area contributed by atoms with Crippen molar-refractivity contribution in [3.05, 3.63) is 78.4 Å². The van der Waals surface area contributed by atoms with E-state index in [-0.39, 0.29) is 0 Å². The number of hydrogen-bond donors (Lipinski definition) is 2. The van der Waals surface area contributed by atoms with E-state index in [0.29, 0.717) is 12.2 Å². The third-order valence-corrected chi connectivity index (χ3v) is 4.61. The van der Waals surface area contributed by atoms with Gasteiger partial charge in [-0.05, 0) is 29.8 Å². The molecule has 0 aliphatic rings. The molecule has 0 saturated carbocycles. The Bertz CT molecular complexity index is 1040. The van der Waals surface area contributed by atoms with Gasteiger partial charge in [-0.2, -0.15) is 0 Å². The molecule has 4 aromatic rings. The van der Waals surface area contributed by atoms with Gasteiger partial charge in [0.05, 0.1) is 16.7 Å². The Morgan fingerprint density at radius 3 is 2.00 bits per heavy atom. The highest BCUT2D eigenvalue weighted by molar-refractivity contribution is 7.80. The monoisotopic (exact) mass is 362 g/mol. The number of aromatic nitrogens is 1. The van der Waals surface area contributed by atoms with Gasteiger partial charge in [0.15, 0.2) is 0 Å². The molecule has 0 bridgehead atoms. The number of rotatable bonds is 5. The number of benzene rings is 3. The van der Waals surface area contributed by atoms with Crippen LogP contribution in [0.15, 0.2) is 72.8 Å². The van der Waals surface area contributed by atoms with Crippen molar-refractivity contribution in [2.24, 2.45) is 0 Å². The molecule has 26 heavy (non-hydrogen) atoms. The molecule has 2 N–H and O–H groups in total. The lowest BCUT2D eigenvalue weighted by atomic mass is 10.1. The largest absolute Gasteiger partial charge is 0.755 e. The maximum atomic E-state index is 10.7. The van der Waals surface area contributed by atoms with Crippen LogP contribution in [0.1, 0.15) is 5.56 Å². The standard InChI is InChI=1S/C20H17N3O2S/c24-26(25)23-15-11-9-14(10-12-15)13-21-20-16-5-1-3-7-18(16)22-19-8-4-2-6-17(19)20/h1-12,23H,13H2,(H,21,22)(H,24,25)/p-1. The van der Waals surface area contributed by atoms with Crippen molar-refractivity contribution in [3.8, 4) is 0 Å². The molecule has 0 aliphatic carbocycles. The van der Waals surface area contributed by atoms with Crippen molar-refractivity contribution in [1.29, 1.82) is 0 Å². The summed E-state index contributed by atoms with van der Waals surface area (Å²) in [6.07, 6.45) is 0. The summed E-state index contributed by atoms with van der Waals surface area (Å²) in [4.78, 5) is 4.73. The van der Waals surface area contributed by atoms with Gasteiger partial charge in [-0.3, -0.25) is 4.21 Å². The number of hydrogen-bond acceptors (Lipinski definition) is 4. The molecule has 6 heteroatoms. The highest BCUT2D eigenvalue weighted by Gasteiger charge is 2.08. The van der Waals surface area contributed by atoms with Crippen LogP contribution in [0.2, 0.25) is 0 Å². The van der Waals surface area contributed by atoms with Gasteiger partial charge in [-0.25, -0.2) is 4.98 Å². The minimum absolute atomic E-state index is 0.543. The number of para-hydroxylation sites is 2. The van der Waals surface area contributed by atoms with Crippen molar-refractivity contribution in [2.75, 3.05) is 10.0 Å². The van der Waals surface area contributed by atoms with Gasteiger partial charge in [-0.15, -0.1) is 0 Å². The smallest absolute Gasteiger partial charge is 0.0730 e. The molecule has 0 spiro atoms. The van der Waals surface area contributed by atoms with Crippen LogP contribution < -0.4 is 10.0 Å². The molecule has 0 saturated heterocycles. The predicted molar refractivity (Wildman–Crippen MR) is 106 cm³/mol. The van der Waals surface area contributed by atoms with E-state index < -0.39 is 11.3 Å². The Morgan fingerprint density at radius 1 is 0.846 bits per heavy atom. The molecule has 4 rings (SSSR count). The first-order valence-corrected chi connectivity index (χ1v) is 9.24. The Hall–Kier alpha value is -2.96. The summed E-state index contributed by atoms with van der Waals surface area (Å²) in [5.41, 5.74) is 4.55. The van der Waals surface area contributed by atoms with Crippen LogP contribution in [0.3, 0.4) is 0 Å². The fraction of sp³-hybridized carbons (Fsp3) is 0.0500. The van der Waals surface area contributed by atoms with Crippen LogP contribution in [-0.2, 0) is 17.8 Å². The topological polar surface area (TPSA) is 77.1 Å². The zero-order chi connectivity index (χ0) is 17.9. The predicted octanol–water partition coefficient (Wildman–Crippen LogP) is 4.21. The maximum Gasteiger partial charge on any atom is 0.0730 e. The Labute approximate surface area is 153 Å². The van der Waals surface area contributed by atoms with Crippen LogP contribution >= 0.6 is 0 Å². The third kappa shape index (κ3) is 3.37. The summed E-state index contributed by atoms with van der Waals surface area (Å²) in [5.74, 6) is 0. The number of nitrogens with zero attached hydrogens (tertiary/aromatic N) is 1. The molecule has 5 nitrogen and oxygen atoms in total. The summed E-state index contributed by atoms with van der Waals surface area (Å²) in [5, 5.41) is 5.68. The van der Waals surface area contributed by atoms with Gasteiger partial charge in [0.25, 0.3) is 0 Å². The van der Waals surface area contributed by atoms with E-state index in [1.165, 1.54) is 0 Å². The third-order valence-electron chi connectivity index (χ3n) is 4.21. The van der Waals surface area contributed by atoms with E-state index in [2.05, 4.69) is 22.2 Å².